The molecule has 1 aromatic carbocycles. The van der Waals surface area contributed by atoms with Gasteiger partial charge in [-0.25, -0.2) is 0 Å². The fraction of sp³-hybridized carbons (Fsp3) is 0.312. The molecule has 2 heteroatoms. The Morgan fingerprint density at radius 2 is 1.83 bits per heavy atom. The van der Waals surface area contributed by atoms with Crippen LogP contribution in [0.1, 0.15) is 29.8 Å². The van der Waals surface area contributed by atoms with E-state index in [1.165, 1.54) is 5.56 Å². The molecule has 1 N–H and O–H groups in total. The van der Waals surface area contributed by atoms with Gasteiger partial charge in [-0.3, -0.25) is 4.98 Å². The summed E-state index contributed by atoms with van der Waals surface area (Å²) in [5.41, 5.74) is 3.57. The lowest BCUT2D eigenvalue weighted by atomic mass is 10.1. The number of pyridine rings is 1. The highest BCUT2D eigenvalue weighted by molar-refractivity contribution is 5.15. The second-order valence-electron chi connectivity index (χ2n) is 4.72. The molecule has 2 aromatic rings. The van der Waals surface area contributed by atoms with Crippen LogP contribution >= 0.6 is 0 Å². The minimum Gasteiger partial charge on any atom is -0.312 e. The van der Waals surface area contributed by atoms with Crippen LogP contribution in [0.3, 0.4) is 0 Å². The summed E-state index contributed by atoms with van der Waals surface area (Å²) in [7, 11) is 0. The van der Waals surface area contributed by atoms with E-state index in [2.05, 4.69) is 53.6 Å². The standard InChI is InChI=1S/C16H20N2/c1-13(16-10-6-7-14(2)18-16)11-17-12-15-8-4-3-5-9-15/h3-10,13,17H,11-12H2,1-2H3. The maximum absolute atomic E-state index is 4.56. The van der Waals surface area contributed by atoms with Crippen LogP contribution in [0.5, 0.6) is 0 Å². The van der Waals surface area contributed by atoms with E-state index in [1.54, 1.807) is 0 Å². The van der Waals surface area contributed by atoms with Crippen LogP contribution in [0.4, 0.5) is 0 Å². The third-order valence-corrected chi connectivity index (χ3v) is 3.04. The SMILES string of the molecule is Cc1cccc(C(C)CNCc2ccccc2)n1. The molecule has 0 amide bonds. The molecule has 0 aliphatic carbocycles. The quantitative estimate of drug-likeness (QED) is 0.867. The monoisotopic (exact) mass is 240 g/mol. The lowest BCUT2D eigenvalue weighted by molar-refractivity contribution is 0.604. The zero-order valence-electron chi connectivity index (χ0n) is 11.1. The minimum absolute atomic E-state index is 0.439. The maximum Gasteiger partial charge on any atom is 0.0447 e. The van der Waals surface area contributed by atoms with Crippen LogP contribution in [0.15, 0.2) is 48.5 Å². The normalized spacial score (nSPS) is 12.3. The predicted molar refractivity (Wildman–Crippen MR) is 75.5 cm³/mol. The van der Waals surface area contributed by atoms with Gasteiger partial charge in [-0.15, -0.1) is 0 Å². The lowest BCUT2D eigenvalue weighted by Crippen LogP contribution is -2.20. The summed E-state index contributed by atoms with van der Waals surface area (Å²) in [4.78, 5) is 4.56. The van der Waals surface area contributed by atoms with Crippen molar-refractivity contribution in [2.75, 3.05) is 6.54 Å². The van der Waals surface area contributed by atoms with E-state index >= 15 is 0 Å². The van der Waals surface area contributed by atoms with Gasteiger partial charge in [-0.05, 0) is 24.6 Å². The van der Waals surface area contributed by atoms with Crippen LogP contribution in [0, 0.1) is 6.92 Å². The van der Waals surface area contributed by atoms with Gasteiger partial charge in [0.1, 0.15) is 0 Å². The zero-order valence-corrected chi connectivity index (χ0v) is 11.1. The Bertz CT molecular complexity index is 479. The molecule has 0 bridgehead atoms. The highest BCUT2D eigenvalue weighted by atomic mass is 14.9. The predicted octanol–water partition coefficient (Wildman–Crippen LogP) is 3.28. The maximum atomic E-state index is 4.56. The van der Waals surface area contributed by atoms with Crippen molar-refractivity contribution < 1.29 is 0 Å². The molecule has 0 radical (unpaired) electrons. The van der Waals surface area contributed by atoms with Crippen molar-refractivity contribution in [3.05, 3.63) is 65.5 Å². The molecule has 1 heterocycles. The summed E-state index contributed by atoms with van der Waals surface area (Å²) < 4.78 is 0. The highest BCUT2D eigenvalue weighted by Crippen LogP contribution is 2.11. The van der Waals surface area contributed by atoms with Crippen molar-refractivity contribution in [2.24, 2.45) is 0 Å². The van der Waals surface area contributed by atoms with Gasteiger partial charge < -0.3 is 5.32 Å². The number of rotatable bonds is 5. The van der Waals surface area contributed by atoms with Gasteiger partial charge in [-0.2, -0.15) is 0 Å². The number of aromatic nitrogens is 1. The molecule has 1 unspecified atom stereocenters. The fourth-order valence-corrected chi connectivity index (χ4v) is 1.97. The number of hydrogen-bond acceptors (Lipinski definition) is 2. The molecular weight excluding hydrogens is 220 g/mol. The smallest absolute Gasteiger partial charge is 0.0447 e. The topological polar surface area (TPSA) is 24.9 Å². The summed E-state index contributed by atoms with van der Waals surface area (Å²) >= 11 is 0. The van der Waals surface area contributed by atoms with E-state index in [9.17, 15) is 0 Å². The van der Waals surface area contributed by atoms with Crippen molar-refractivity contribution in [1.82, 2.24) is 10.3 Å². The van der Waals surface area contributed by atoms with E-state index in [-0.39, 0.29) is 0 Å². The number of hydrogen-bond donors (Lipinski definition) is 1. The summed E-state index contributed by atoms with van der Waals surface area (Å²) in [6.07, 6.45) is 0. The Balaban J connectivity index is 1.83. The summed E-state index contributed by atoms with van der Waals surface area (Å²) in [5.74, 6) is 0.439. The minimum atomic E-state index is 0.439. The molecule has 0 aliphatic heterocycles. The van der Waals surface area contributed by atoms with E-state index in [4.69, 9.17) is 0 Å². The molecule has 1 atom stereocenters. The molecule has 0 saturated heterocycles. The lowest BCUT2D eigenvalue weighted by Gasteiger charge is -2.12. The van der Waals surface area contributed by atoms with Crippen molar-refractivity contribution >= 4 is 0 Å². The summed E-state index contributed by atoms with van der Waals surface area (Å²) in [6.45, 7) is 6.11. The van der Waals surface area contributed by atoms with Gasteiger partial charge in [0.25, 0.3) is 0 Å². The Morgan fingerprint density at radius 3 is 2.56 bits per heavy atom. The van der Waals surface area contributed by atoms with E-state index in [0.717, 1.165) is 24.5 Å². The Morgan fingerprint density at radius 1 is 1.06 bits per heavy atom. The molecule has 94 valence electrons. The number of nitrogens with one attached hydrogen (secondary N) is 1. The molecule has 0 saturated carbocycles. The molecule has 18 heavy (non-hydrogen) atoms. The Hall–Kier alpha value is -1.67. The molecule has 0 aliphatic rings. The number of aryl methyl sites for hydroxylation is 1. The summed E-state index contributed by atoms with van der Waals surface area (Å²) in [6, 6.07) is 16.7. The van der Waals surface area contributed by atoms with Gasteiger partial charge in [0.15, 0.2) is 0 Å². The van der Waals surface area contributed by atoms with Crippen molar-refractivity contribution in [3.8, 4) is 0 Å². The average molecular weight is 240 g/mol. The van der Waals surface area contributed by atoms with Gasteiger partial charge in [0, 0.05) is 30.4 Å². The van der Waals surface area contributed by atoms with Gasteiger partial charge in [-0.1, -0.05) is 43.3 Å². The third-order valence-electron chi connectivity index (χ3n) is 3.04. The molecule has 0 spiro atoms. The first-order chi connectivity index (χ1) is 8.75. The average Bonchev–Trinajstić information content (AvgIpc) is 2.40. The van der Waals surface area contributed by atoms with Gasteiger partial charge in [0.2, 0.25) is 0 Å². The van der Waals surface area contributed by atoms with Crippen LogP contribution in [-0.4, -0.2) is 11.5 Å². The first kappa shape index (κ1) is 12.8. The molecule has 0 fully saturated rings. The van der Waals surface area contributed by atoms with Gasteiger partial charge >= 0.3 is 0 Å². The second-order valence-corrected chi connectivity index (χ2v) is 4.72. The van der Waals surface area contributed by atoms with E-state index in [0.29, 0.717) is 5.92 Å². The number of nitrogens with zero attached hydrogens (tertiary/aromatic N) is 1. The van der Waals surface area contributed by atoms with Crippen LogP contribution in [-0.2, 0) is 6.54 Å². The zero-order chi connectivity index (χ0) is 12.8. The van der Waals surface area contributed by atoms with Crippen LogP contribution in [0.25, 0.3) is 0 Å². The second kappa shape index (κ2) is 6.31. The molecule has 2 nitrogen and oxygen atoms in total. The van der Waals surface area contributed by atoms with E-state index in [1.807, 2.05) is 19.1 Å². The molecule has 1 aromatic heterocycles. The molecule has 2 rings (SSSR count). The first-order valence-electron chi connectivity index (χ1n) is 6.44. The summed E-state index contributed by atoms with van der Waals surface area (Å²) in [5, 5.41) is 3.48. The largest absolute Gasteiger partial charge is 0.312 e. The molecular formula is C16H20N2. The van der Waals surface area contributed by atoms with Crippen molar-refractivity contribution in [1.29, 1.82) is 0 Å². The van der Waals surface area contributed by atoms with Crippen LogP contribution in [0.2, 0.25) is 0 Å². The fourth-order valence-electron chi connectivity index (χ4n) is 1.97. The van der Waals surface area contributed by atoms with Crippen molar-refractivity contribution in [2.45, 2.75) is 26.3 Å². The highest BCUT2D eigenvalue weighted by Gasteiger charge is 2.06. The Labute approximate surface area is 109 Å². The first-order valence-corrected chi connectivity index (χ1v) is 6.44. The van der Waals surface area contributed by atoms with E-state index < -0.39 is 0 Å². The van der Waals surface area contributed by atoms with Gasteiger partial charge in [0.05, 0.1) is 0 Å². The number of benzene rings is 1. The van der Waals surface area contributed by atoms with Crippen molar-refractivity contribution in [3.63, 3.8) is 0 Å². The van der Waals surface area contributed by atoms with Crippen LogP contribution < -0.4 is 5.32 Å². The Kier molecular flexibility index (Phi) is 4.48. The third kappa shape index (κ3) is 3.67.